The Hall–Kier alpha value is -2.01. The van der Waals surface area contributed by atoms with Gasteiger partial charge in [0.25, 0.3) is 0 Å². The average Bonchev–Trinajstić information content (AvgIpc) is 2.53. The number of benzene rings is 1. The van der Waals surface area contributed by atoms with Gasteiger partial charge in [0.2, 0.25) is 0 Å². The van der Waals surface area contributed by atoms with Gasteiger partial charge in [0, 0.05) is 29.4 Å². The summed E-state index contributed by atoms with van der Waals surface area (Å²) < 4.78 is 10.6. The van der Waals surface area contributed by atoms with Crippen molar-refractivity contribution in [2.45, 2.75) is 30.7 Å². The Labute approximate surface area is 135 Å². The maximum absolute atomic E-state index is 12.5. The Balaban J connectivity index is 1.96. The molecule has 1 fully saturated rings. The van der Waals surface area contributed by atoms with E-state index in [1.807, 2.05) is 18.2 Å². The van der Waals surface area contributed by atoms with Crippen LogP contribution in [-0.4, -0.2) is 37.7 Å². The first-order chi connectivity index (χ1) is 11.1. The van der Waals surface area contributed by atoms with E-state index in [-0.39, 0.29) is 28.9 Å². The van der Waals surface area contributed by atoms with Crippen molar-refractivity contribution in [2.24, 2.45) is 5.92 Å². The molecule has 3 atom stereocenters. The smallest absolute Gasteiger partial charge is 0.197 e. The monoisotopic (exact) mass is 315 g/mol. The summed E-state index contributed by atoms with van der Waals surface area (Å²) in [5.41, 5.74) is 1.65. The number of ketones is 1. The Kier molecular flexibility index (Phi) is 3.17. The quantitative estimate of drug-likeness (QED) is 0.869. The molecular formula is C18H21NO4. The van der Waals surface area contributed by atoms with Gasteiger partial charge < -0.3 is 19.9 Å². The van der Waals surface area contributed by atoms with Crippen molar-refractivity contribution in [2.75, 3.05) is 20.8 Å². The van der Waals surface area contributed by atoms with E-state index in [1.165, 1.54) is 0 Å². The highest BCUT2D eigenvalue weighted by Gasteiger charge is 2.55. The molecule has 5 nitrogen and oxygen atoms in total. The lowest BCUT2D eigenvalue weighted by Crippen LogP contribution is -2.60. The molecular weight excluding hydrogens is 294 g/mol. The third-order valence-electron chi connectivity index (χ3n) is 5.74. The van der Waals surface area contributed by atoms with Crippen LogP contribution >= 0.6 is 0 Å². The molecule has 1 aromatic carbocycles. The summed E-state index contributed by atoms with van der Waals surface area (Å²) in [4.78, 5) is 12.5. The molecule has 0 aromatic heterocycles. The van der Waals surface area contributed by atoms with Crippen LogP contribution in [0.1, 0.15) is 24.0 Å². The van der Waals surface area contributed by atoms with Crippen LogP contribution in [0.2, 0.25) is 0 Å². The van der Waals surface area contributed by atoms with Gasteiger partial charge in [-0.15, -0.1) is 0 Å². The second-order valence-corrected chi connectivity index (χ2v) is 6.68. The van der Waals surface area contributed by atoms with E-state index in [0.717, 1.165) is 30.5 Å². The number of nitrogens with one attached hydrogen (secondary N) is 1. The summed E-state index contributed by atoms with van der Waals surface area (Å²) in [5.74, 6) is 1.28. The fourth-order valence-electron chi connectivity index (χ4n) is 4.77. The molecule has 0 spiro atoms. The lowest BCUT2D eigenvalue weighted by molar-refractivity contribution is -0.122. The SMILES string of the molecule is COC1=C[C@H]2[C@H]3Cc4ccc(OC)c(O)c4[C@@]2(CCN3)CC1=O. The number of ether oxygens (including phenoxy) is 2. The normalized spacial score (nSPS) is 31.7. The van der Waals surface area contributed by atoms with Gasteiger partial charge in [-0.3, -0.25) is 4.79 Å². The van der Waals surface area contributed by atoms with Crippen molar-refractivity contribution in [3.8, 4) is 11.5 Å². The van der Waals surface area contributed by atoms with E-state index >= 15 is 0 Å². The average molecular weight is 315 g/mol. The number of rotatable bonds is 2. The molecule has 1 aromatic rings. The number of methoxy groups -OCH3 is 2. The van der Waals surface area contributed by atoms with E-state index in [1.54, 1.807) is 14.2 Å². The molecule has 4 rings (SSSR count). The molecule has 3 aliphatic rings. The first-order valence-corrected chi connectivity index (χ1v) is 8.02. The summed E-state index contributed by atoms with van der Waals surface area (Å²) in [5, 5.41) is 14.3. The highest BCUT2D eigenvalue weighted by atomic mass is 16.5. The van der Waals surface area contributed by atoms with E-state index in [4.69, 9.17) is 9.47 Å². The van der Waals surface area contributed by atoms with E-state index < -0.39 is 0 Å². The number of phenolic OH excluding ortho intramolecular Hbond substituents is 1. The molecule has 122 valence electrons. The van der Waals surface area contributed by atoms with Crippen molar-refractivity contribution in [1.29, 1.82) is 0 Å². The molecule has 0 radical (unpaired) electrons. The van der Waals surface area contributed by atoms with Gasteiger partial charge >= 0.3 is 0 Å². The first kappa shape index (κ1) is 14.6. The van der Waals surface area contributed by atoms with Crippen molar-refractivity contribution >= 4 is 5.78 Å². The highest BCUT2D eigenvalue weighted by Crippen LogP contribution is 2.56. The third kappa shape index (κ3) is 1.86. The maximum atomic E-state index is 12.5. The number of allylic oxidation sites excluding steroid dienone is 1. The van der Waals surface area contributed by atoms with Gasteiger partial charge in [-0.05, 0) is 37.1 Å². The minimum absolute atomic E-state index is 0.0134. The minimum atomic E-state index is -0.360. The number of aromatic hydroxyl groups is 1. The number of hydrogen-bond acceptors (Lipinski definition) is 5. The molecule has 23 heavy (non-hydrogen) atoms. The Bertz CT molecular complexity index is 711. The zero-order valence-corrected chi connectivity index (χ0v) is 13.4. The second kappa shape index (κ2) is 4.99. The summed E-state index contributed by atoms with van der Waals surface area (Å²) in [6.45, 7) is 0.848. The minimum Gasteiger partial charge on any atom is -0.504 e. The lowest BCUT2D eigenvalue weighted by atomic mass is 9.54. The third-order valence-corrected chi connectivity index (χ3v) is 5.74. The van der Waals surface area contributed by atoms with Crippen LogP contribution in [0, 0.1) is 5.92 Å². The van der Waals surface area contributed by atoms with Gasteiger partial charge in [0.15, 0.2) is 23.0 Å². The molecule has 0 unspecified atom stereocenters. The second-order valence-electron chi connectivity index (χ2n) is 6.68. The zero-order chi connectivity index (χ0) is 16.2. The molecule has 1 heterocycles. The zero-order valence-electron chi connectivity index (χ0n) is 13.4. The number of Topliss-reactive ketones (excluding diaryl/α,β-unsaturated/α-hetero) is 1. The van der Waals surface area contributed by atoms with Crippen molar-refractivity contribution in [1.82, 2.24) is 5.32 Å². The topological polar surface area (TPSA) is 67.8 Å². The standard InChI is InChI=1S/C18H21NO4/c1-22-14-4-3-10-7-12-11-8-15(23-2)13(20)9-18(11,5-6-19-12)16(10)17(14)21/h3-4,8,11-12,19,21H,5-7,9H2,1-2H3/t11-,12+,18-/m0/s1. The van der Waals surface area contributed by atoms with Gasteiger partial charge in [-0.1, -0.05) is 6.07 Å². The Morgan fingerprint density at radius 3 is 2.87 bits per heavy atom. The number of carbonyl (C=O) groups is 1. The number of piperidine rings is 1. The first-order valence-electron chi connectivity index (χ1n) is 8.02. The molecule has 1 aliphatic heterocycles. The number of hydrogen-bond donors (Lipinski definition) is 2. The fourth-order valence-corrected chi connectivity index (χ4v) is 4.77. The molecule has 0 saturated carbocycles. The Morgan fingerprint density at radius 2 is 2.13 bits per heavy atom. The predicted octanol–water partition coefficient (Wildman–Crippen LogP) is 1.68. The highest BCUT2D eigenvalue weighted by molar-refractivity contribution is 5.96. The van der Waals surface area contributed by atoms with Crippen LogP contribution in [0.15, 0.2) is 24.0 Å². The van der Waals surface area contributed by atoms with Crippen LogP contribution in [0.5, 0.6) is 11.5 Å². The number of fused-ring (bicyclic) bond motifs is 1. The van der Waals surface area contributed by atoms with E-state index in [9.17, 15) is 9.90 Å². The molecule has 2 N–H and O–H groups in total. The van der Waals surface area contributed by atoms with Gasteiger partial charge in [0.05, 0.1) is 14.2 Å². The summed E-state index contributed by atoms with van der Waals surface area (Å²) in [6, 6.07) is 4.09. The molecule has 5 heteroatoms. The summed E-state index contributed by atoms with van der Waals surface area (Å²) in [7, 11) is 3.10. The van der Waals surface area contributed by atoms with E-state index in [0.29, 0.717) is 17.9 Å². The number of phenols is 1. The van der Waals surface area contributed by atoms with Crippen molar-refractivity contribution in [3.63, 3.8) is 0 Å². The van der Waals surface area contributed by atoms with Gasteiger partial charge in [-0.25, -0.2) is 0 Å². The Morgan fingerprint density at radius 1 is 1.30 bits per heavy atom. The van der Waals surface area contributed by atoms with Crippen LogP contribution in [0.3, 0.4) is 0 Å². The van der Waals surface area contributed by atoms with Crippen molar-refractivity contribution in [3.05, 3.63) is 35.1 Å². The van der Waals surface area contributed by atoms with Crippen LogP contribution in [0.25, 0.3) is 0 Å². The van der Waals surface area contributed by atoms with E-state index in [2.05, 4.69) is 5.32 Å². The number of carbonyl (C=O) groups excluding carboxylic acids is 1. The van der Waals surface area contributed by atoms with Crippen molar-refractivity contribution < 1.29 is 19.4 Å². The van der Waals surface area contributed by atoms with Crippen LogP contribution in [0.4, 0.5) is 0 Å². The molecule has 1 saturated heterocycles. The maximum Gasteiger partial charge on any atom is 0.197 e. The van der Waals surface area contributed by atoms with Gasteiger partial charge in [0.1, 0.15) is 0 Å². The largest absolute Gasteiger partial charge is 0.504 e. The summed E-state index contributed by atoms with van der Waals surface area (Å²) >= 11 is 0. The molecule has 2 bridgehead atoms. The lowest BCUT2D eigenvalue weighted by Gasteiger charge is -2.53. The van der Waals surface area contributed by atoms with Crippen LogP contribution in [-0.2, 0) is 21.4 Å². The fraction of sp³-hybridized carbons (Fsp3) is 0.500. The molecule has 0 amide bonds. The van der Waals surface area contributed by atoms with Gasteiger partial charge in [-0.2, -0.15) is 0 Å². The summed E-state index contributed by atoms with van der Waals surface area (Å²) in [6.07, 6.45) is 4.00. The predicted molar refractivity (Wildman–Crippen MR) is 84.7 cm³/mol. The molecule has 2 aliphatic carbocycles. The van der Waals surface area contributed by atoms with Crippen LogP contribution < -0.4 is 10.1 Å².